The lowest BCUT2D eigenvalue weighted by molar-refractivity contribution is -0.728. The van der Waals surface area contributed by atoms with E-state index in [9.17, 15) is 17.9 Å². The first-order valence-electron chi connectivity index (χ1n) is 7.62. The predicted octanol–water partition coefficient (Wildman–Crippen LogP) is 1.60. The van der Waals surface area contributed by atoms with Crippen molar-refractivity contribution in [2.24, 2.45) is 5.41 Å². The number of hydrogen-bond donors (Lipinski definition) is 1. The van der Waals surface area contributed by atoms with Crippen LogP contribution in [0.4, 0.5) is 0 Å². The molecule has 1 heterocycles. The molecule has 9 nitrogen and oxygen atoms in total. The molecule has 1 aromatic rings. The van der Waals surface area contributed by atoms with E-state index >= 15 is 0 Å². The number of carbonyl (C=O) groups excluding carboxylic acids is 2. The minimum absolute atomic E-state index is 0.00476. The van der Waals surface area contributed by atoms with Crippen molar-refractivity contribution in [3.63, 3.8) is 0 Å². The molecule has 0 aliphatic rings. The number of pyridine rings is 1. The van der Waals surface area contributed by atoms with Crippen LogP contribution in [0, 0.1) is 10.6 Å². The minimum Gasteiger partial charge on any atom is -0.751 e. The van der Waals surface area contributed by atoms with E-state index in [0.29, 0.717) is 12.0 Å². The Balaban J connectivity index is 2.52. The summed E-state index contributed by atoms with van der Waals surface area (Å²) < 4.78 is 17.1. The van der Waals surface area contributed by atoms with Crippen molar-refractivity contribution in [3.8, 4) is 0 Å². The maximum Gasteiger partial charge on any atom is 0.316 e. The highest BCUT2D eigenvalue weighted by Crippen LogP contribution is 2.21. The van der Waals surface area contributed by atoms with Crippen molar-refractivity contribution in [1.82, 2.24) is 8.76 Å². The number of ether oxygens (including phenoxy) is 1. The van der Waals surface area contributed by atoms with Crippen molar-refractivity contribution in [2.45, 2.75) is 33.9 Å². The average molecular weight is 467 g/mol. The van der Waals surface area contributed by atoms with Gasteiger partial charge in [0.25, 0.3) is 34.1 Å². The summed E-state index contributed by atoms with van der Waals surface area (Å²) in [6.07, 6.45) is 3.89. The minimum atomic E-state index is -1.91. The standard InChI is InChI=1S/C15H22IN3O6/c1-4-15(2,3)14(21)24-11-18-8-5-6-12(10-18)13(20)17-7-9-25-19(23)16-22/h5-6,8,10H,4,7,9,11H2,1-3H3,(H,17,20). The van der Waals surface area contributed by atoms with Gasteiger partial charge in [-0.1, -0.05) is 6.92 Å². The van der Waals surface area contributed by atoms with Gasteiger partial charge in [0, 0.05) is 12.6 Å². The summed E-state index contributed by atoms with van der Waals surface area (Å²) in [7, 11) is 0. The highest BCUT2D eigenvalue weighted by Gasteiger charge is 2.28. The van der Waals surface area contributed by atoms with E-state index in [1.807, 2.05) is 20.8 Å². The molecule has 0 aliphatic heterocycles. The Labute approximate surface area is 156 Å². The fourth-order valence-corrected chi connectivity index (χ4v) is 1.92. The number of rotatable bonds is 10. The number of amides is 1. The zero-order valence-electron chi connectivity index (χ0n) is 14.4. The number of hydrogen-bond acceptors (Lipinski definition) is 6. The molecule has 0 bridgehead atoms. The van der Waals surface area contributed by atoms with Crippen molar-refractivity contribution in [2.75, 3.05) is 13.2 Å². The molecule has 1 rings (SSSR count). The first kappa shape index (κ1) is 21.5. The van der Waals surface area contributed by atoms with Gasteiger partial charge in [-0.2, -0.15) is 8.01 Å². The van der Waals surface area contributed by atoms with E-state index in [4.69, 9.17) is 4.74 Å². The lowest BCUT2D eigenvalue weighted by atomic mass is 9.91. The summed E-state index contributed by atoms with van der Waals surface area (Å²) in [5.41, 5.74) is -0.194. The van der Waals surface area contributed by atoms with Crippen LogP contribution in [0.1, 0.15) is 37.6 Å². The SMILES string of the molecule is CCC(C)(C)C(=O)OC[n+]1cccc(C(=O)NCCON([O-])I=O)c1. The number of halogens is 1. The molecule has 10 heteroatoms. The average Bonchev–Trinajstić information content (AvgIpc) is 2.62. The Bertz CT molecular complexity index is 611. The summed E-state index contributed by atoms with van der Waals surface area (Å²) in [5.74, 6) is -0.676. The molecule has 0 aliphatic carbocycles. The number of aromatic nitrogens is 1. The van der Waals surface area contributed by atoms with Crippen LogP contribution in [0.2, 0.25) is 0 Å². The van der Waals surface area contributed by atoms with E-state index in [1.165, 1.54) is 0 Å². The summed E-state index contributed by atoms with van der Waals surface area (Å²) in [6.45, 7) is 5.55. The van der Waals surface area contributed by atoms with Crippen molar-refractivity contribution in [1.29, 1.82) is 0 Å². The van der Waals surface area contributed by atoms with E-state index in [2.05, 4.69) is 10.2 Å². The van der Waals surface area contributed by atoms with E-state index < -0.39 is 26.9 Å². The maximum atomic E-state index is 12.0. The molecule has 0 fully saturated rings. The van der Waals surface area contributed by atoms with Crippen LogP contribution in [-0.2, 0) is 24.2 Å². The second-order valence-corrected chi connectivity index (χ2v) is 6.96. The third-order valence-corrected chi connectivity index (χ3v) is 4.14. The van der Waals surface area contributed by atoms with E-state index in [0.717, 1.165) is 0 Å². The largest absolute Gasteiger partial charge is 0.751 e. The van der Waals surface area contributed by atoms with Gasteiger partial charge in [-0.05, 0) is 26.3 Å². The Morgan fingerprint density at radius 2 is 2.16 bits per heavy atom. The van der Waals surface area contributed by atoms with Gasteiger partial charge >= 0.3 is 5.97 Å². The maximum absolute atomic E-state index is 12.0. The molecule has 0 atom stereocenters. The molecule has 0 aromatic carbocycles. The summed E-state index contributed by atoms with van der Waals surface area (Å²) in [4.78, 5) is 28.5. The Hall–Kier alpha value is -1.50. The smallest absolute Gasteiger partial charge is 0.316 e. The van der Waals surface area contributed by atoms with Crippen molar-refractivity contribution >= 4 is 33.3 Å². The van der Waals surface area contributed by atoms with E-state index in [-0.39, 0.29) is 35.2 Å². The third-order valence-electron chi connectivity index (χ3n) is 3.54. The first-order chi connectivity index (χ1) is 11.8. The summed E-state index contributed by atoms with van der Waals surface area (Å²) >= 11 is -1.91. The summed E-state index contributed by atoms with van der Waals surface area (Å²) in [6, 6.07) is 3.26. The molecular formula is C15H22IN3O6. The fourth-order valence-electron chi connectivity index (χ4n) is 1.61. The molecule has 0 radical (unpaired) electrons. The highest BCUT2D eigenvalue weighted by molar-refractivity contribution is 14.1. The highest BCUT2D eigenvalue weighted by atomic mass is 127. The molecule has 0 saturated heterocycles. The second kappa shape index (κ2) is 10.5. The lowest BCUT2D eigenvalue weighted by Crippen LogP contribution is -2.39. The molecule has 1 amide bonds. The van der Waals surface area contributed by atoms with Crippen LogP contribution in [-0.4, -0.2) is 28.5 Å². The van der Waals surface area contributed by atoms with Gasteiger partial charge in [0.2, 0.25) is 0 Å². The molecule has 0 unspecified atom stereocenters. The van der Waals surface area contributed by atoms with Crippen LogP contribution >= 0.6 is 21.5 Å². The van der Waals surface area contributed by atoms with Gasteiger partial charge < -0.3 is 15.3 Å². The second-order valence-electron chi connectivity index (χ2n) is 5.78. The van der Waals surface area contributed by atoms with Gasteiger partial charge in [0.1, 0.15) is 5.56 Å². The van der Waals surface area contributed by atoms with Crippen LogP contribution in [0.15, 0.2) is 24.5 Å². The molecule has 1 aromatic heterocycles. The van der Waals surface area contributed by atoms with Gasteiger partial charge in [-0.3, -0.25) is 17.5 Å². The topological polar surface area (TPSA) is 112 Å². The van der Waals surface area contributed by atoms with Crippen molar-refractivity contribution in [3.05, 3.63) is 35.3 Å². The van der Waals surface area contributed by atoms with Gasteiger partial charge in [0.05, 0.1) is 12.0 Å². The van der Waals surface area contributed by atoms with Crippen LogP contribution in [0.25, 0.3) is 0 Å². The normalized spacial score (nSPS) is 11.4. The van der Waals surface area contributed by atoms with Crippen LogP contribution < -0.4 is 9.88 Å². The van der Waals surface area contributed by atoms with Crippen molar-refractivity contribution < 1.29 is 26.8 Å². The Morgan fingerprint density at radius 3 is 2.80 bits per heavy atom. The van der Waals surface area contributed by atoms with Crippen LogP contribution in [0.3, 0.4) is 0 Å². The Morgan fingerprint density at radius 1 is 1.44 bits per heavy atom. The number of nitrogens with zero attached hydrogens (tertiary/aromatic N) is 2. The molecule has 0 saturated carbocycles. The number of esters is 1. The number of nitrogens with one attached hydrogen (secondary N) is 1. The van der Waals surface area contributed by atoms with E-state index in [1.54, 1.807) is 29.1 Å². The fraction of sp³-hybridized carbons (Fsp3) is 0.533. The molecule has 0 spiro atoms. The van der Waals surface area contributed by atoms with Gasteiger partial charge in [-0.25, -0.2) is 0 Å². The third kappa shape index (κ3) is 7.50. The van der Waals surface area contributed by atoms with Gasteiger partial charge in [0.15, 0.2) is 12.4 Å². The number of carbonyl (C=O) groups is 2. The molecule has 25 heavy (non-hydrogen) atoms. The molecule has 1 N–H and O–H groups in total. The predicted molar refractivity (Wildman–Crippen MR) is 95.0 cm³/mol. The zero-order valence-corrected chi connectivity index (χ0v) is 16.5. The Kier molecular flexibility index (Phi) is 9.03. The monoisotopic (exact) mass is 467 g/mol. The summed E-state index contributed by atoms with van der Waals surface area (Å²) in [5, 5.41) is 13.2. The first-order valence-corrected chi connectivity index (χ1v) is 9.46. The zero-order chi connectivity index (χ0) is 18.9. The molecule has 140 valence electrons. The quantitative estimate of drug-likeness (QED) is 0.139. The van der Waals surface area contributed by atoms with Crippen LogP contribution in [0.5, 0.6) is 0 Å². The lowest BCUT2D eigenvalue weighted by Gasteiger charge is -2.18. The molecular weight excluding hydrogens is 445 g/mol. The van der Waals surface area contributed by atoms with Gasteiger partial charge in [-0.15, -0.1) is 0 Å².